The Morgan fingerprint density at radius 1 is 0.354 bits per heavy atom. The average Bonchev–Trinajstić information content (AvgIpc) is 3.26. The number of carbonyl (C=O) groups is 9. The Morgan fingerprint density at radius 2 is 0.600 bits per heavy atom. The maximum absolute atomic E-state index is 12.9. The summed E-state index contributed by atoms with van der Waals surface area (Å²) in [5.74, 6) is -2.21. The number of ketones is 1. The number of hydrogen-bond acceptors (Lipinski definition) is 11. The molecule has 65 heavy (non-hydrogen) atoms. The van der Waals surface area contributed by atoms with Crippen LogP contribution in [0, 0.1) is 5.92 Å². The molecule has 0 aliphatic heterocycles. The third kappa shape index (κ3) is 38.5. The van der Waals surface area contributed by atoms with E-state index in [1.807, 2.05) is 13.8 Å². The van der Waals surface area contributed by atoms with E-state index < -0.39 is 0 Å². The molecule has 19 nitrogen and oxygen atoms in total. The van der Waals surface area contributed by atoms with Crippen molar-refractivity contribution in [2.24, 2.45) is 5.92 Å². The molecule has 8 N–H and O–H groups in total. The molecule has 0 aromatic carbocycles. The minimum Gasteiger partial charge on any atom is -0.409 e. The van der Waals surface area contributed by atoms with Crippen LogP contribution in [0.25, 0.3) is 0 Å². The largest absolute Gasteiger partial charge is 0.409 e. The second kappa shape index (κ2) is 40.9. The normalized spacial score (nSPS) is 10.9. The van der Waals surface area contributed by atoms with Gasteiger partial charge in [0.15, 0.2) is 0 Å². The van der Waals surface area contributed by atoms with Crippen molar-refractivity contribution in [1.29, 1.82) is 0 Å². The predicted octanol–water partition coefficient (Wildman–Crippen LogP) is 0.344. The highest BCUT2D eigenvalue weighted by Gasteiger charge is 2.19. The summed E-state index contributed by atoms with van der Waals surface area (Å²) in [4.78, 5) is 114. The molecule has 0 saturated heterocycles. The van der Waals surface area contributed by atoms with Gasteiger partial charge in [-0.3, -0.25) is 53.0 Å². The fourth-order valence-corrected chi connectivity index (χ4v) is 6.44. The molecule has 21 heteroatoms. The summed E-state index contributed by atoms with van der Waals surface area (Å²) < 4.78 is 0. The summed E-state index contributed by atoms with van der Waals surface area (Å²) in [6, 6.07) is 0. The van der Waals surface area contributed by atoms with Crippen LogP contribution in [0.1, 0.15) is 143 Å². The Labute approximate surface area is 390 Å². The maximum Gasteiger partial charge on any atom is 0.234 e. The van der Waals surface area contributed by atoms with Gasteiger partial charge in [-0.2, -0.15) is 0 Å². The third-order valence-electron chi connectivity index (χ3n) is 10.2. The first-order valence-electron chi connectivity index (χ1n) is 23.8. The van der Waals surface area contributed by atoms with E-state index in [1.165, 1.54) is 9.80 Å². The lowest BCUT2D eigenvalue weighted by Crippen LogP contribution is -2.47. The molecule has 0 fully saturated rings. The summed E-state index contributed by atoms with van der Waals surface area (Å²) >= 11 is 0. The van der Waals surface area contributed by atoms with Crippen LogP contribution in [0.4, 0.5) is 0 Å². The minimum absolute atomic E-state index is 0.00310. The van der Waals surface area contributed by atoms with Crippen LogP contribution in [0.15, 0.2) is 0 Å². The maximum atomic E-state index is 12.9. The molecule has 0 heterocycles. The lowest BCUT2D eigenvalue weighted by atomic mass is 10.0. The van der Waals surface area contributed by atoms with E-state index in [4.69, 9.17) is 16.0 Å². The molecule has 0 bridgehead atoms. The van der Waals surface area contributed by atoms with E-state index in [1.54, 1.807) is 0 Å². The van der Waals surface area contributed by atoms with Gasteiger partial charge in [-0.1, -0.05) is 59.3 Å². The molecule has 0 rings (SSSR count). The number of amides is 8. The van der Waals surface area contributed by atoms with Crippen LogP contribution >= 0.6 is 0 Å². The summed E-state index contributed by atoms with van der Waals surface area (Å²) in [6.07, 6.45) is 13.3. The second-order valence-corrected chi connectivity index (χ2v) is 16.7. The number of Topliss-reactive ketones (excluding diaryl/α,β-unsaturated/α-hetero) is 1. The van der Waals surface area contributed by atoms with E-state index in [0.29, 0.717) is 116 Å². The molecule has 0 spiro atoms. The van der Waals surface area contributed by atoms with E-state index >= 15 is 0 Å². The summed E-state index contributed by atoms with van der Waals surface area (Å²) in [7, 11) is 10.2. The molecule has 0 saturated carbocycles. The van der Waals surface area contributed by atoms with Crippen LogP contribution in [-0.4, -0.2) is 157 Å². The van der Waals surface area contributed by atoms with E-state index in [-0.39, 0.29) is 98.2 Å². The van der Waals surface area contributed by atoms with E-state index in [9.17, 15) is 43.2 Å². The van der Waals surface area contributed by atoms with Crippen LogP contribution < -0.4 is 42.4 Å². The Morgan fingerprint density at radius 3 is 0.846 bits per heavy atom. The topological polar surface area (TPSA) is 256 Å². The Kier molecular flexibility index (Phi) is 38.1. The van der Waals surface area contributed by atoms with Gasteiger partial charge in [-0.25, -0.2) is 0 Å². The molecular formula is C44H80B2N10O9. The van der Waals surface area contributed by atoms with Gasteiger partial charge in [-0.15, -0.1) is 0 Å². The summed E-state index contributed by atoms with van der Waals surface area (Å²) in [5.41, 5.74) is 0. The smallest absolute Gasteiger partial charge is 0.234 e. The first-order valence-corrected chi connectivity index (χ1v) is 23.8. The zero-order valence-corrected chi connectivity index (χ0v) is 39.7. The van der Waals surface area contributed by atoms with Crippen molar-refractivity contribution in [3.8, 4) is 0 Å². The molecule has 4 radical (unpaired) electrons. The third-order valence-corrected chi connectivity index (χ3v) is 10.2. The number of nitrogens with one attached hydrogen (secondary N) is 8. The molecule has 0 aromatic rings. The van der Waals surface area contributed by atoms with Crippen LogP contribution in [-0.2, 0) is 43.2 Å². The van der Waals surface area contributed by atoms with Gasteiger partial charge in [0, 0.05) is 64.4 Å². The molecule has 8 amide bonds. The Hall–Kier alpha value is -4.52. The number of nitrogens with zero attached hydrogens (tertiary/aromatic N) is 2. The van der Waals surface area contributed by atoms with Crippen molar-refractivity contribution < 1.29 is 43.2 Å². The van der Waals surface area contributed by atoms with Gasteiger partial charge in [-0.05, 0) is 64.2 Å². The van der Waals surface area contributed by atoms with Crippen molar-refractivity contribution in [3.63, 3.8) is 0 Å². The lowest BCUT2D eigenvalue weighted by molar-refractivity contribution is -0.130. The van der Waals surface area contributed by atoms with Crippen molar-refractivity contribution in [2.45, 2.75) is 143 Å². The highest BCUT2D eigenvalue weighted by atomic mass is 16.2. The van der Waals surface area contributed by atoms with Crippen molar-refractivity contribution in [2.75, 3.05) is 78.5 Å². The van der Waals surface area contributed by atoms with Gasteiger partial charge >= 0.3 is 0 Å². The highest BCUT2D eigenvalue weighted by molar-refractivity contribution is 6.14. The zero-order valence-electron chi connectivity index (χ0n) is 39.7. The van der Waals surface area contributed by atoms with Crippen LogP contribution in [0.5, 0.6) is 0 Å². The first-order chi connectivity index (χ1) is 31.2. The number of hydrogen-bond donors (Lipinski definition) is 8. The standard InChI is InChI=1S/C44H80B2N10O9/c1-4-5-6-14-23-47-39(60)29-55(31-41(62)49-25-16-8-12-21-37(58)53-45)33-43(64)51-27-18-10-19-28-52-44(65)34-56(32-42(63)50-26-17-9-13-22-38(59)54-46)30-40(61)48-24-15-7-11-20-36(57)35(2)3/h35H,4-34H2,1-3H3,(H,47,60)(H,48,61)(H,49,62)(H,50,63)(H,51,64)(H,52,65)(H,53,58)(H,54,59). The number of rotatable bonds is 42. The molecule has 0 aliphatic rings. The molecule has 0 aromatic heterocycles. The van der Waals surface area contributed by atoms with Gasteiger partial charge in [0.2, 0.25) is 63.2 Å². The van der Waals surface area contributed by atoms with Crippen LogP contribution in [0.2, 0.25) is 0 Å². The quantitative estimate of drug-likeness (QED) is 0.0306. The minimum atomic E-state index is -0.349. The van der Waals surface area contributed by atoms with Crippen molar-refractivity contribution >= 4 is 69.0 Å². The average molecular weight is 915 g/mol. The summed E-state index contributed by atoms with van der Waals surface area (Å²) in [5, 5.41) is 21.2. The van der Waals surface area contributed by atoms with Gasteiger partial charge in [0.05, 0.1) is 39.3 Å². The Balaban J connectivity index is 4.89. The second-order valence-electron chi connectivity index (χ2n) is 16.7. The summed E-state index contributed by atoms with van der Waals surface area (Å²) in [6.45, 7) is 7.35. The highest BCUT2D eigenvalue weighted by Crippen LogP contribution is 2.06. The fourth-order valence-electron chi connectivity index (χ4n) is 6.44. The monoisotopic (exact) mass is 915 g/mol. The van der Waals surface area contributed by atoms with Crippen LogP contribution in [0.3, 0.4) is 0 Å². The molecule has 0 unspecified atom stereocenters. The van der Waals surface area contributed by atoms with E-state index in [2.05, 4.69) is 49.3 Å². The first kappa shape index (κ1) is 60.5. The van der Waals surface area contributed by atoms with Crippen molar-refractivity contribution in [3.05, 3.63) is 0 Å². The van der Waals surface area contributed by atoms with E-state index in [0.717, 1.165) is 44.9 Å². The fraction of sp³-hybridized carbons (Fsp3) is 0.795. The SMILES string of the molecule is [B]NC(=O)CCCCCNC(=O)CN(CC(=O)NCCCCCC)CC(=O)NCCCCCNC(=O)CN(CC(=O)NCCCCCC(=O)N[B])CC(=O)NCCCCCC(=O)C(C)C. The zero-order chi connectivity index (χ0) is 48.5. The lowest BCUT2D eigenvalue weighted by Gasteiger charge is -2.21. The number of unbranched alkanes of at least 4 members (excludes halogenated alkanes) is 11. The molecular weight excluding hydrogens is 834 g/mol. The van der Waals surface area contributed by atoms with Gasteiger partial charge in [0.25, 0.3) is 0 Å². The Bertz CT molecular complexity index is 1410. The number of carbonyl (C=O) groups excluding carboxylic acids is 9. The van der Waals surface area contributed by atoms with Crippen molar-refractivity contribution in [1.82, 2.24) is 52.2 Å². The van der Waals surface area contributed by atoms with Gasteiger partial charge < -0.3 is 42.4 Å². The molecule has 0 aliphatic carbocycles. The predicted molar refractivity (Wildman–Crippen MR) is 252 cm³/mol. The molecule has 0 atom stereocenters. The van der Waals surface area contributed by atoms with Gasteiger partial charge in [0.1, 0.15) is 5.78 Å². The molecule has 366 valence electrons.